The summed E-state index contributed by atoms with van der Waals surface area (Å²) in [6.45, 7) is 6.42. The van der Waals surface area contributed by atoms with Gasteiger partial charge < -0.3 is 9.47 Å². The van der Waals surface area contributed by atoms with E-state index in [0.717, 1.165) is 4.90 Å². The second kappa shape index (κ2) is 8.74. The van der Waals surface area contributed by atoms with E-state index in [1.54, 1.807) is 39.8 Å². The Morgan fingerprint density at radius 2 is 2.00 bits per heavy atom. The quantitative estimate of drug-likeness (QED) is 0.707. The smallest absolute Gasteiger partial charge is 0.411 e. The molecule has 156 valence electrons. The van der Waals surface area contributed by atoms with Gasteiger partial charge in [-0.3, -0.25) is 9.69 Å². The normalized spacial score (nSPS) is 23.6. The SMILES string of the molecule is CO[C@H]1[C@@H](C(=O)C[C@H](C)c2cccc(Cl)c2F)N(C(=O)OC(C)(C)C)C[C@@H]1F. The second-order valence-electron chi connectivity index (χ2n) is 8.01. The Hall–Kier alpha value is -1.73. The highest BCUT2D eigenvalue weighted by Gasteiger charge is 2.49. The third kappa shape index (κ3) is 5.00. The average Bonchev–Trinajstić information content (AvgIpc) is 2.92. The molecule has 0 N–H and O–H groups in total. The topological polar surface area (TPSA) is 55.8 Å². The first-order valence-corrected chi connectivity index (χ1v) is 9.47. The summed E-state index contributed by atoms with van der Waals surface area (Å²) in [6, 6.07) is 3.43. The number of rotatable bonds is 5. The van der Waals surface area contributed by atoms with Crippen molar-refractivity contribution in [2.45, 2.75) is 64.0 Å². The Bertz CT molecular complexity index is 737. The van der Waals surface area contributed by atoms with Crippen molar-refractivity contribution in [2.75, 3.05) is 13.7 Å². The Kier molecular flexibility index (Phi) is 7.04. The fourth-order valence-electron chi connectivity index (χ4n) is 3.36. The van der Waals surface area contributed by atoms with Crippen LogP contribution in [0.3, 0.4) is 0 Å². The second-order valence-corrected chi connectivity index (χ2v) is 8.42. The van der Waals surface area contributed by atoms with Gasteiger partial charge in [0.15, 0.2) is 5.78 Å². The van der Waals surface area contributed by atoms with Crippen molar-refractivity contribution in [3.05, 3.63) is 34.6 Å². The highest BCUT2D eigenvalue weighted by Crippen LogP contribution is 2.31. The first-order chi connectivity index (χ1) is 13.0. The van der Waals surface area contributed by atoms with Crippen molar-refractivity contribution in [1.29, 1.82) is 0 Å². The lowest BCUT2D eigenvalue weighted by atomic mass is 9.91. The fourth-order valence-corrected chi connectivity index (χ4v) is 3.54. The number of nitrogens with zero attached hydrogens (tertiary/aromatic N) is 1. The van der Waals surface area contributed by atoms with Gasteiger partial charge in [-0.25, -0.2) is 13.6 Å². The van der Waals surface area contributed by atoms with E-state index in [1.807, 2.05) is 0 Å². The van der Waals surface area contributed by atoms with Crippen LogP contribution >= 0.6 is 11.6 Å². The van der Waals surface area contributed by atoms with Gasteiger partial charge in [-0.15, -0.1) is 0 Å². The number of amides is 1. The molecule has 0 spiro atoms. The number of halogens is 3. The van der Waals surface area contributed by atoms with Crippen LogP contribution in [0.2, 0.25) is 5.02 Å². The van der Waals surface area contributed by atoms with Gasteiger partial charge in [0.25, 0.3) is 0 Å². The van der Waals surface area contributed by atoms with Crippen molar-refractivity contribution >= 4 is 23.5 Å². The zero-order valence-corrected chi connectivity index (χ0v) is 17.4. The van der Waals surface area contributed by atoms with Crippen molar-refractivity contribution in [2.24, 2.45) is 0 Å². The van der Waals surface area contributed by atoms with E-state index in [4.69, 9.17) is 21.1 Å². The minimum absolute atomic E-state index is 0.0355. The van der Waals surface area contributed by atoms with Crippen LogP contribution in [0.1, 0.15) is 45.6 Å². The summed E-state index contributed by atoms with van der Waals surface area (Å²) in [6.07, 6.45) is -3.51. The predicted molar refractivity (Wildman–Crippen MR) is 102 cm³/mol. The summed E-state index contributed by atoms with van der Waals surface area (Å²) in [5, 5.41) is -0.0355. The fraction of sp³-hybridized carbons (Fsp3) is 0.600. The van der Waals surface area contributed by atoms with E-state index in [-0.39, 0.29) is 23.6 Å². The van der Waals surface area contributed by atoms with Gasteiger partial charge >= 0.3 is 6.09 Å². The number of hydrogen-bond acceptors (Lipinski definition) is 4. The maximum absolute atomic E-state index is 14.4. The minimum Gasteiger partial charge on any atom is -0.444 e. The molecule has 8 heteroatoms. The van der Waals surface area contributed by atoms with Crippen molar-refractivity contribution in [1.82, 2.24) is 4.90 Å². The number of alkyl halides is 1. The van der Waals surface area contributed by atoms with Gasteiger partial charge in [0, 0.05) is 13.5 Å². The lowest BCUT2D eigenvalue weighted by Gasteiger charge is -2.29. The van der Waals surface area contributed by atoms with Gasteiger partial charge in [0.1, 0.15) is 29.7 Å². The molecular weight excluding hydrogens is 392 g/mol. The Balaban J connectivity index is 2.23. The molecule has 1 aliphatic heterocycles. The van der Waals surface area contributed by atoms with Crippen LogP contribution in [0.5, 0.6) is 0 Å². The van der Waals surface area contributed by atoms with Crippen molar-refractivity contribution in [3.8, 4) is 0 Å². The molecule has 1 aromatic carbocycles. The van der Waals surface area contributed by atoms with E-state index in [9.17, 15) is 18.4 Å². The van der Waals surface area contributed by atoms with Crippen molar-refractivity contribution in [3.63, 3.8) is 0 Å². The molecule has 1 amide bonds. The molecule has 1 fully saturated rings. The molecule has 0 radical (unpaired) electrons. The number of benzene rings is 1. The third-order valence-electron chi connectivity index (χ3n) is 4.62. The van der Waals surface area contributed by atoms with Crippen LogP contribution in [-0.2, 0) is 14.3 Å². The number of likely N-dealkylation sites (tertiary alicyclic amines) is 1. The van der Waals surface area contributed by atoms with Crippen molar-refractivity contribution < 1.29 is 27.8 Å². The molecule has 28 heavy (non-hydrogen) atoms. The summed E-state index contributed by atoms with van der Waals surface area (Å²) in [5.74, 6) is -1.53. The molecule has 4 atom stereocenters. The molecule has 0 unspecified atom stereocenters. The Labute approximate surface area is 168 Å². The lowest BCUT2D eigenvalue weighted by Crippen LogP contribution is -2.47. The summed E-state index contributed by atoms with van der Waals surface area (Å²) in [7, 11) is 1.29. The molecule has 2 rings (SSSR count). The highest BCUT2D eigenvalue weighted by atomic mass is 35.5. The zero-order chi connectivity index (χ0) is 21.2. The molecule has 0 aliphatic carbocycles. The van der Waals surface area contributed by atoms with E-state index < -0.39 is 47.5 Å². The van der Waals surface area contributed by atoms with Gasteiger partial charge in [-0.2, -0.15) is 0 Å². The molecule has 0 bridgehead atoms. The van der Waals surface area contributed by atoms with Gasteiger partial charge in [-0.1, -0.05) is 30.7 Å². The van der Waals surface area contributed by atoms with Crippen LogP contribution in [-0.4, -0.2) is 54.3 Å². The number of carbonyl (C=O) groups is 2. The zero-order valence-electron chi connectivity index (χ0n) is 16.7. The highest BCUT2D eigenvalue weighted by molar-refractivity contribution is 6.30. The van der Waals surface area contributed by atoms with Crippen LogP contribution in [0.4, 0.5) is 13.6 Å². The Morgan fingerprint density at radius 3 is 2.57 bits per heavy atom. The first kappa shape index (κ1) is 22.6. The van der Waals surface area contributed by atoms with E-state index in [0.29, 0.717) is 0 Å². The van der Waals surface area contributed by atoms with Crippen LogP contribution in [0, 0.1) is 5.82 Å². The molecule has 0 aromatic heterocycles. The number of methoxy groups -OCH3 is 1. The predicted octanol–water partition coefficient (Wildman–Crippen LogP) is 4.51. The number of Topliss-reactive ketones (excluding diaryl/α,β-unsaturated/α-hetero) is 1. The van der Waals surface area contributed by atoms with Gasteiger partial charge in [0.05, 0.1) is 11.6 Å². The molecule has 1 saturated heterocycles. The maximum atomic E-state index is 14.4. The number of ketones is 1. The number of carbonyl (C=O) groups excluding carboxylic acids is 2. The monoisotopic (exact) mass is 417 g/mol. The Morgan fingerprint density at radius 1 is 1.36 bits per heavy atom. The molecule has 1 heterocycles. The lowest BCUT2D eigenvalue weighted by molar-refractivity contribution is -0.127. The van der Waals surface area contributed by atoms with E-state index in [1.165, 1.54) is 13.2 Å². The molecule has 0 saturated carbocycles. The summed E-state index contributed by atoms with van der Waals surface area (Å²) >= 11 is 5.81. The summed E-state index contributed by atoms with van der Waals surface area (Å²) in [5.41, 5.74) is -0.507. The number of ether oxygens (including phenoxy) is 2. The van der Waals surface area contributed by atoms with Gasteiger partial charge in [0.2, 0.25) is 0 Å². The standard InChI is InChI=1S/C20H26ClF2NO4/c1-11(12-7-6-8-13(21)16(12)23)9-15(25)17-18(27-5)14(22)10-24(17)19(26)28-20(2,3)4/h6-8,11,14,17-18H,9-10H2,1-5H3/t11-,14-,17+,18+/m0/s1. The summed E-state index contributed by atoms with van der Waals surface area (Å²) in [4.78, 5) is 26.5. The van der Waals surface area contributed by atoms with Crippen LogP contribution < -0.4 is 0 Å². The summed E-state index contributed by atoms with van der Waals surface area (Å²) < 4.78 is 39.1. The maximum Gasteiger partial charge on any atom is 0.411 e. The first-order valence-electron chi connectivity index (χ1n) is 9.09. The molecule has 1 aliphatic rings. The third-order valence-corrected chi connectivity index (χ3v) is 4.92. The van der Waals surface area contributed by atoms with E-state index in [2.05, 4.69) is 0 Å². The minimum atomic E-state index is -1.52. The largest absolute Gasteiger partial charge is 0.444 e. The van der Waals surface area contributed by atoms with Crippen LogP contribution in [0.25, 0.3) is 0 Å². The molecule has 5 nitrogen and oxygen atoms in total. The van der Waals surface area contributed by atoms with Crippen LogP contribution in [0.15, 0.2) is 18.2 Å². The number of hydrogen-bond donors (Lipinski definition) is 0. The van der Waals surface area contributed by atoms with Gasteiger partial charge in [-0.05, 0) is 38.3 Å². The molecule has 1 aromatic rings. The van der Waals surface area contributed by atoms with E-state index >= 15 is 0 Å². The molecular formula is C20H26ClF2NO4. The average molecular weight is 418 g/mol.